The minimum absolute atomic E-state index is 0.285. The zero-order valence-electron chi connectivity index (χ0n) is 14.8. The van der Waals surface area contributed by atoms with Crippen LogP contribution >= 0.6 is 11.6 Å². The second kappa shape index (κ2) is 7.21. The number of H-pyrrole nitrogens is 2. The molecule has 0 aliphatic carbocycles. The van der Waals surface area contributed by atoms with Gasteiger partial charge in [-0.25, -0.2) is 4.79 Å². The smallest absolute Gasteiger partial charge is 0.322 e. The van der Waals surface area contributed by atoms with Crippen molar-refractivity contribution in [2.24, 2.45) is 5.92 Å². The standard InChI is InChI=1S/C18H20ClN5O2/c1-10(2)9-24-17(19)13(11(3)23-24)5-7-16(25)20-12-4-6-14-15(8-12)22-18(26)21-14/h4-8,10H,9H2,1-3H3,(H,20,25)(H2,21,22,26)/b7-5+. The van der Waals surface area contributed by atoms with Crippen LogP contribution in [0.3, 0.4) is 0 Å². The van der Waals surface area contributed by atoms with Gasteiger partial charge in [0.1, 0.15) is 5.15 Å². The highest BCUT2D eigenvalue weighted by Crippen LogP contribution is 2.22. The molecule has 0 fully saturated rings. The Balaban J connectivity index is 1.74. The van der Waals surface area contributed by atoms with Crippen LogP contribution in [-0.4, -0.2) is 25.7 Å². The summed E-state index contributed by atoms with van der Waals surface area (Å²) in [5, 5.41) is 7.69. The number of fused-ring (bicyclic) bond motifs is 1. The number of carbonyl (C=O) groups excluding carboxylic acids is 1. The summed E-state index contributed by atoms with van der Waals surface area (Å²) in [6.07, 6.45) is 3.08. The van der Waals surface area contributed by atoms with Crippen LogP contribution in [-0.2, 0) is 11.3 Å². The van der Waals surface area contributed by atoms with Crippen molar-refractivity contribution in [2.45, 2.75) is 27.3 Å². The molecule has 2 aromatic heterocycles. The van der Waals surface area contributed by atoms with E-state index in [9.17, 15) is 9.59 Å². The number of rotatable bonds is 5. The first kappa shape index (κ1) is 18.0. The van der Waals surface area contributed by atoms with E-state index in [1.165, 1.54) is 6.08 Å². The van der Waals surface area contributed by atoms with E-state index in [4.69, 9.17) is 11.6 Å². The largest absolute Gasteiger partial charge is 0.323 e. The minimum atomic E-state index is -0.297. The molecule has 0 bridgehead atoms. The third-order valence-electron chi connectivity index (χ3n) is 3.83. The van der Waals surface area contributed by atoms with Gasteiger partial charge in [-0.15, -0.1) is 0 Å². The van der Waals surface area contributed by atoms with E-state index < -0.39 is 0 Å². The first-order valence-electron chi connectivity index (χ1n) is 8.27. The van der Waals surface area contributed by atoms with Crippen LogP contribution in [0.1, 0.15) is 25.1 Å². The Morgan fingerprint density at radius 3 is 2.81 bits per heavy atom. The van der Waals surface area contributed by atoms with Crippen LogP contribution in [0, 0.1) is 12.8 Å². The lowest BCUT2D eigenvalue weighted by Gasteiger charge is -2.05. The maximum Gasteiger partial charge on any atom is 0.323 e. The van der Waals surface area contributed by atoms with E-state index in [-0.39, 0.29) is 11.6 Å². The number of benzene rings is 1. The molecule has 2 heterocycles. The number of aromatic amines is 2. The van der Waals surface area contributed by atoms with Crippen molar-refractivity contribution in [3.8, 4) is 0 Å². The molecule has 136 valence electrons. The maximum atomic E-state index is 12.2. The first-order chi connectivity index (χ1) is 12.3. The highest BCUT2D eigenvalue weighted by atomic mass is 35.5. The van der Waals surface area contributed by atoms with Crippen molar-refractivity contribution in [2.75, 3.05) is 5.32 Å². The zero-order valence-corrected chi connectivity index (χ0v) is 15.5. The number of nitrogens with zero attached hydrogens (tertiary/aromatic N) is 2. The van der Waals surface area contributed by atoms with E-state index in [2.05, 4.69) is 34.2 Å². The van der Waals surface area contributed by atoms with Gasteiger partial charge in [-0.05, 0) is 37.1 Å². The predicted octanol–water partition coefficient (Wildman–Crippen LogP) is 3.32. The van der Waals surface area contributed by atoms with Gasteiger partial charge in [-0.2, -0.15) is 5.10 Å². The fourth-order valence-electron chi connectivity index (χ4n) is 2.68. The molecule has 1 amide bonds. The molecule has 1 aromatic carbocycles. The van der Waals surface area contributed by atoms with Gasteiger partial charge in [-0.3, -0.25) is 9.48 Å². The SMILES string of the molecule is Cc1nn(CC(C)C)c(Cl)c1/C=C/C(=O)Nc1ccc2[nH]c(=O)[nH]c2c1. The van der Waals surface area contributed by atoms with Crippen molar-refractivity contribution in [3.63, 3.8) is 0 Å². The quantitative estimate of drug-likeness (QED) is 0.598. The Hall–Kier alpha value is -2.80. The average Bonchev–Trinajstić information content (AvgIpc) is 3.04. The van der Waals surface area contributed by atoms with Gasteiger partial charge in [0.15, 0.2) is 0 Å². The fourth-order valence-corrected chi connectivity index (χ4v) is 2.98. The number of hydrogen-bond donors (Lipinski definition) is 3. The van der Waals surface area contributed by atoms with Crippen LogP contribution < -0.4 is 11.0 Å². The molecule has 0 aliphatic heterocycles. The highest BCUT2D eigenvalue weighted by molar-refractivity contribution is 6.31. The Labute approximate surface area is 155 Å². The van der Waals surface area contributed by atoms with Gasteiger partial charge >= 0.3 is 5.69 Å². The third kappa shape index (κ3) is 3.88. The molecule has 0 atom stereocenters. The van der Waals surface area contributed by atoms with Crippen LogP contribution in [0.25, 0.3) is 17.1 Å². The van der Waals surface area contributed by atoms with Gasteiger partial charge in [0.25, 0.3) is 0 Å². The van der Waals surface area contributed by atoms with Gasteiger partial charge < -0.3 is 15.3 Å². The lowest BCUT2D eigenvalue weighted by molar-refractivity contribution is -0.111. The van der Waals surface area contributed by atoms with E-state index in [1.54, 1.807) is 29.0 Å². The summed E-state index contributed by atoms with van der Waals surface area (Å²) in [6, 6.07) is 5.14. The molecular formula is C18H20ClN5O2. The Morgan fingerprint density at radius 2 is 2.08 bits per heavy atom. The molecule has 8 heteroatoms. The Bertz CT molecular complexity index is 1040. The number of halogens is 1. The third-order valence-corrected chi connectivity index (χ3v) is 4.23. The predicted molar refractivity (Wildman–Crippen MR) is 103 cm³/mol. The van der Waals surface area contributed by atoms with Crippen LogP contribution in [0.4, 0.5) is 5.69 Å². The van der Waals surface area contributed by atoms with Crippen LogP contribution in [0.15, 0.2) is 29.1 Å². The number of nitrogens with one attached hydrogen (secondary N) is 3. The number of aromatic nitrogens is 4. The molecule has 3 rings (SSSR count). The molecule has 26 heavy (non-hydrogen) atoms. The second-order valence-electron chi connectivity index (χ2n) is 6.53. The van der Waals surface area contributed by atoms with Gasteiger partial charge in [0, 0.05) is 23.9 Å². The van der Waals surface area contributed by atoms with E-state index in [0.717, 1.165) is 11.3 Å². The van der Waals surface area contributed by atoms with Crippen molar-refractivity contribution in [3.05, 3.63) is 51.2 Å². The van der Waals surface area contributed by atoms with Gasteiger partial charge in [0.05, 0.1) is 16.7 Å². The van der Waals surface area contributed by atoms with Gasteiger partial charge in [-0.1, -0.05) is 25.4 Å². The lowest BCUT2D eigenvalue weighted by atomic mass is 10.2. The molecule has 0 spiro atoms. The monoisotopic (exact) mass is 373 g/mol. The number of anilines is 1. The van der Waals surface area contributed by atoms with Crippen molar-refractivity contribution in [1.29, 1.82) is 0 Å². The van der Waals surface area contributed by atoms with Crippen LogP contribution in [0.5, 0.6) is 0 Å². The molecule has 0 aliphatic rings. The first-order valence-corrected chi connectivity index (χ1v) is 8.65. The molecule has 3 aromatic rings. The summed E-state index contributed by atoms with van der Waals surface area (Å²) in [4.78, 5) is 28.8. The minimum Gasteiger partial charge on any atom is -0.322 e. The highest BCUT2D eigenvalue weighted by Gasteiger charge is 2.12. The molecule has 3 N–H and O–H groups in total. The van der Waals surface area contributed by atoms with E-state index >= 15 is 0 Å². The topological polar surface area (TPSA) is 95.6 Å². The zero-order chi connectivity index (χ0) is 18.8. The average molecular weight is 374 g/mol. The molecule has 7 nitrogen and oxygen atoms in total. The summed E-state index contributed by atoms with van der Waals surface area (Å²) < 4.78 is 1.75. The van der Waals surface area contributed by atoms with Gasteiger partial charge in [0.2, 0.25) is 5.91 Å². The Kier molecular flexibility index (Phi) is 4.99. The van der Waals surface area contributed by atoms with Crippen molar-refractivity contribution < 1.29 is 4.79 Å². The Morgan fingerprint density at radius 1 is 1.35 bits per heavy atom. The number of carbonyl (C=O) groups is 1. The fraction of sp³-hybridized carbons (Fsp3) is 0.278. The summed E-state index contributed by atoms with van der Waals surface area (Å²) in [6.45, 7) is 6.75. The van der Waals surface area contributed by atoms with Crippen molar-refractivity contribution >= 4 is 40.3 Å². The molecule has 0 saturated carbocycles. The summed E-state index contributed by atoms with van der Waals surface area (Å²) in [5.74, 6) is 0.121. The molecule has 0 unspecified atom stereocenters. The van der Waals surface area contributed by atoms with E-state index in [0.29, 0.717) is 34.3 Å². The van der Waals surface area contributed by atoms with Crippen molar-refractivity contribution in [1.82, 2.24) is 19.7 Å². The van der Waals surface area contributed by atoms with E-state index in [1.807, 2.05) is 6.92 Å². The number of aryl methyl sites for hydroxylation is 1. The lowest BCUT2D eigenvalue weighted by Crippen LogP contribution is -2.07. The molecule has 0 saturated heterocycles. The molecule has 0 radical (unpaired) electrons. The summed E-state index contributed by atoms with van der Waals surface area (Å²) in [5.41, 5.74) is 3.11. The number of amides is 1. The number of hydrogen-bond acceptors (Lipinski definition) is 3. The number of imidazole rings is 1. The van der Waals surface area contributed by atoms with Crippen LogP contribution in [0.2, 0.25) is 5.15 Å². The maximum absolute atomic E-state index is 12.2. The normalized spacial score (nSPS) is 11.7. The summed E-state index contributed by atoms with van der Waals surface area (Å²) in [7, 11) is 0. The second-order valence-corrected chi connectivity index (χ2v) is 6.89. The summed E-state index contributed by atoms with van der Waals surface area (Å²) >= 11 is 6.37. The molecular weight excluding hydrogens is 354 g/mol.